The molecule has 7 rings (SSSR count). The molecule has 2 unspecified atom stereocenters. The molecule has 51 heavy (non-hydrogen) atoms. The van der Waals surface area contributed by atoms with Crippen molar-refractivity contribution in [1.29, 1.82) is 0 Å². The molecular weight excluding hydrogens is 662 g/mol. The first-order chi connectivity index (χ1) is 24.5. The number of carboxylic acid groups (broad SMARTS) is 1. The van der Waals surface area contributed by atoms with Crippen LogP contribution >= 0.6 is 11.6 Å². The molecule has 1 aromatic heterocycles. The Bertz CT molecular complexity index is 1720. The Morgan fingerprint density at radius 3 is 2.61 bits per heavy atom. The second-order valence-corrected chi connectivity index (χ2v) is 16.7. The van der Waals surface area contributed by atoms with Gasteiger partial charge in [-0.3, -0.25) is 4.98 Å². The van der Waals surface area contributed by atoms with Crippen molar-refractivity contribution >= 4 is 23.3 Å². The zero-order valence-corrected chi connectivity index (χ0v) is 31.4. The molecule has 8 nitrogen and oxygen atoms in total. The number of carbonyl (C=O) groups is 1. The van der Waals surface area contributed by atoms with E-state index >= 15 is 0 Å². The minimum absolute atomic E-state index is 0.169. The molecule has 274 valence electrons. The number of anilines is 1. The number of ether oxygens (including phenoxy) is 3. The van der Waals surface area contributed by atoms with Crippen molar-refractivity contribution in [3.63, 3.8) is 0 Å². The number of nitrogens with one attached hydrogen (secondary N) is 1. The van der Waals surface area contributed by atoms with Crippen LogP contribution in [-0.2, 0) is 23.1 Å². The van der Waals surface area contributed by atoms with E-state index in [1.807, 2.05) is 36.5 Å². The van der Waals surface area contributed by atoms with Gasteiger partial charge in [-0.25, -0.2) is 4.79 Å². The fourth-order valence-corrected chi connectivity index (χ4v) is 9.60. The Morgan fingerprint density at radius 2 is 1.88 bits per heavy atom. The third-order valence-electron chi connectivity index (χ3n) is 12.3. The van der Waals surface area contributed by atoms with E-state index in [4.69, 9.17) is 25.8 Å². The van der Waals surface area contributed by atoms with E-state index in [0.29, 0.717) is 61.4 Å². The SMILES string of the molecule is C[C@@H](COc1ccnc2c1[C@H](C)CCC2)CC1Cc2cc3c(cc2C12CCC(Nc1cccc(Cl)c1)(C(=O)O)CC2)OCC(CCN(C)C)CO3. The molecule has 2 N–H and O–H groups in total. The van der Waals surface area contributed by atoms with Gasteiger partial charge in [-0.05, 0) is 156 Å². The summed E-state index contributed by atoms with van der Waals surface area (Å²) in [5.41, 5.74) is 4.60. The first-order valence-electron chi connectivity index (χ1n) is 19.0. The number of hydrogen-bond donors (Lipinski definition) is 2. The van der Waals surface area contributed by atoms with Gasteiger partial charge in [0.05, 0.1) is 19.8 Å². The summed E-state index contributed by atoms with van der Waals surface area (Å²) in [4.78, 5) is 19.9. The summed E-state index contributed by atoms with van der Waals surface area (Å²) >= 11 is 6.30. The molecule has 0 bridgehead atoms. The minimum atomic E-state index is -1.07. The molecule has 1 saturated carbocycles. The molecule has 2 heterocycles. The van der Waals surface area contributed by atoms with Crippen LogP contribution in [-0.4, -0.2) is 67.0 Å². The Morgan fingerprint density at radius 1 is 1.12 bits per heavy atom. The third kappa shape index (κ3) is 7.41. The number of halogens is 1. The van der Waals surface area contributed by atoms with Crippen LogP contribution in [0.5, 0.6) is 17.2 Å². The molecule has 4 aliphatic rings. The molecule has 4 atom stereocenters. The van der Waals surface area contributed by atoms with Gasteiger partial charge in [0.1, 0.15) is 11.3 Å². The summed E-state index contributed by atoms with van der Waals surface area (Å²) < 4.78 is 19.5. The number of aromatic nitrogens is 1. The number of carboxylic acids is 1. The van der Waals surface area contributed by atoms with E-state index in [1.54, 1.807) is 0 Å². The first-order valence-corrected chi connectivity index (χ1v) is 19.4. The van der Waals surface area contributed by atoms with E-state index in [1.165, 1.54) is 35.2 Å². The predicted molar refractivity (Wildman–Crippen MR) is 202 cm³/mol. The van der Waals surface area contributed by atoms with Gasteiger partial charge in [0, 0.05) is 34.1 Å². The van der Waals surface area contributed by atoms with Gasteiger partial charge in [-0.1, -0.05) is 31.5 Å². The maximum Gasteiger partial charge on any atom is 0.329 e. The van der Waals surface area contributed by atoms with Crippen LogP contribution in [0.25, 0.3) is 0 Å². The average molecular weight is 716 g/mol. The smallest absolute Gasteiger partial charge is 0.329 e. The molecule has 3 aromatic rings. The van der Waals surface area contributed by atoms with E-state index in [0.717, 1.165) is 68.0 Å². The highest BCUT2D eigenvalue weighted by Gasteiger charge is 2.54. The lowest BCUT2D eigenvalue weighted by molar-refractivity contribution is -0.144. The summed E-state index contributed by atoms with van der Waals surface area (Å²) in [6.07, 6.45) is 10.8. The Balaban J connectivity index is 1.14. The largest absolute Gasteiger partial charge is 0.493 e. The molecule has 1 fully saturated rings. The number of benzene rings is 2. The monoisotopic (exact) mass is 715 g/mol. The van der Waals surface area contributed by atoms with E-state index in [2.05, 4.69) is 55.3 Å². The zero-order valence-electron chi connectivity index (χ0n) is 30.7. The standard InChI is InChI=1S/C42H54ClN3O5/c1-27(24-49-36-11-17-44-35-10-5-7-28(2)39(35)36)19-31-20-30-21-37-38(51-26-29(25-50-37)12-18-46(3)4)23-34(30)41(31)13-15-42(16-14-41,40(47)48)45-33-9-6-8-32(43)22-33/h6,8-9,11,17,21-23,27-29,31,45H,5,7,10,12-16,18-20,24-26H2,1-4H3,(H,47,48)/t27-,28-,29?,31?,41?,42?/m1/s1. The number of pyridine rings is 1. The van der Waals surface area contributed by atoms with Gasteiger partial charge in [0.15, 0.2) is 11.5 Å². The van der Waals surface area contributed by atoms with E-state index in [9.17, 15) is 9.90 Å². The van der Waals surface area contributed by atoms with Crippen molar-refractivity contribution in [2.45, 2.75) is 94.9 Å². The van der Waals surface area contributed by atoms with Crippen LogP contribution in [0, 0.1) is 17.8 Å². The Hall–Kier alpha value is -3.49. The van der Waals surface area contributed by atoms with Gasteiger partial charge in [-0.2, -0.15) is 0 Å². The molecule has 0 radical (unpaired) electrons. The lowest BCUT2D eigenvalue weighted by Gasteiger charge is -2.47. The van der Waals surface area contributed by atoms with Gasteiger partial charge < -0.3 is 29.5 Å². The number of hydrogen-bond acceptors (Lipinski definition) is 7. The average Bonchev–Trinajstić information content (AvgIpc) is 3.23. The van der Waals surface area contributed by atoms with Gasteiger partial charge >= 0.3 is 5.97 Å². The predicted octanol–water partition coefficient (Wildman–Crippen LogP) is 8.54. The number of fused-ring (bicyclic) bond motifs is 4. The van der Waals surface area contributed by atoms with Crippen molar-refractivity contribution in [1.82, 2.24) is 9.88 Å². The Labute approximate surface area is 308 Å². The summed E-state index contributed by atoms with van der Waals surface area (Å²) in [5, 5.41) is 14.7. The second-order valence-electron chi connectivity index (χ2n) is 16.2. The molecule has 0 saturated heterocycles. The van der Waals surface area contributed by atoms with Crippen LogP contribution in [0.2, 0.25) is 5.02 Å². The van der Waals surface area contributed by atoms with E-state index in [-0.39, 0.29) is 5.41 Å². The van der Waals surface area contributed by atoms with Crippen molar-refractivity contribution in [3.8, 4) is 17.2 Å². The molecule has 1 aliphatic heterocycles. The summed E-state index contributed by atoms with van der Waals surface area (Å²) in [6, 6.07) is 13.9. The lowest BCUT2D eigenvalue weighted by atomic mass is 9.59. The summed E-state index contributed by atoms with van der Waals surface area (Å²) in [7, 11) is 4.20. The van der Waals surface area contributed by atoms with Crippen molar-refractivity contribution in [3.05, 3.63) is 76.1 Å². The molecule has 0 amide bonds. The number of aliphatic carboxylic acids is 1. The fourth-order valence-electron chi connectivity index (χ4n) is 9.41. The molecular formula is C42H54ClN3O5. The van der Waals surface area contributed by atoms with Crippen LogP contribution in [0.4, 0.5) is 5.69 Å². The molecule has 1 spiro atoms. The van der Waals surface area contributed by atoms with Gasteiger partial charge in [0.2, 0.25) is 0 Å². The van der Waals surface area contributed by atoms with Gasteiger partial charge in [0.25, 0.3) is 0 Å². The van der Waals surface area contributed by atoms with Crippen molar-refractivity contribution < 1.29 is 24.1 Å². The minimum Gasteiger partial charge on any atom is -0.493 e. The van der Waals surface area contributed by atoms with Gasteiger partial charge in [-0.15, -0.1) is 0 Å². The maximum atomic E-state index is 13.0. The van der Waals surface area contributed by atoms with Crippen molar-refractivity contribution in [2.24, 2.45) is 17.8 Å². The maximum absolute atomic E-state index is 13.0. The normalized spacial score (nSPS) is 27.4. The molecule has 2 aromatic carbocycles. The first kappa shape index (κ1) is 35.9. The highest BCUT2D eigenvalue weighted by molar-refractivity contribution is 6.30. The van der Waals surface area contributed by atoms with Crippen LogP contribution in [0.3, 0.4) is 0 Å². The Kier molecular flexibility index (Phi) is 10.5. The quantitative estimate of drug-likeness (QED) is 0.204. The third-order valence-corrected chi connectivity index (χ3v) is 12.5. The highest BCUT2D eigenvalue weighted by atomic mass is 35.5. The van der Waals surface area contributed by atoms with Crippen LogP contribution in [0.1, 0.15) is 93.5 Å². The highest BCUT2D eigenvalue weighted by Crippen LogP contribution is 2.58. The fraction of sp³-hybridized carbons (Fsp3) is 0.571. The summed E-state index contributed by atoms with van der Waals surface area (Å²) in [6.45, 7) is 7.50. The van der Waals surface area contributed by atoms with Crippen molar-refractivity contribution in [2.75, 3.05) is 45.8 Å². The summed E-state index contributed by atoms with van der Waals surface area (Å²) in [5.74, 6) is 3.27. The van der Waals surface area contributed by atoms with Crippen LogP contribution in [0.15, 0.2) is 48.7 Å². The van der Waals surface area contributed by atoms with E-state index < -0.39 is 11.5 Å². The van der Waals surface area contributed by atoms with Crippen LogP contribution < -0.4 is 19.5 Å². The molecule has 9 heteroatoms. The number of rotatable bonds is 11. The zero-order chi connectivity index (χ0) is 35.8. The number of aryl methyl sites for hydroxylation is 1. The topological polar surface area (TPSA) is 93.2 Å². The molecule has 3 aliphatic carbocycles. The number of nitrogens with zero attached hydrogens (tertiary/aromatic N) is 2. The second kappa shape index (κ2) is 14.9. The lowest BCUT2D eigenvalue weighted by Crippen LogP contribution is -2.53.